The summed E-state index contributed by atoms with van der Waals surface area (Å²) in [4.78, 5) is 22.5. The van der Waals surface area contributed by atoms with Gasteiger partial charge in [-0.2, -0.15) is 0 Å². The van der Waals surface area contributed by atoms with Crippen LogP contribution in [0.15, 0.2) is 12.3 Å². The van der Waals surface area contributed by atoms with E-state index in [0.29, 0.717) is 5.92 Å². The molecule has 0 radical (unpaired) electrons. The molecule has 1 N–H and O–H groups in total. The van der Waals surface area contributed by atoms with Crippen LogP contribution in [0.25, 0.3) is 0 Å². The van der Waals surface area contributed by atoms with E-state index in [-0.39, 0.29) is 11.9 Å². The molecule has 5 nitrogen and oxygen atoms in total. The van der Waals surface area contributed by atoms with Crippen LogP contribution in [0.4, 0.5) is 5.95 Å². The topological polar surface area (TPSA) is 58.1 Å². The van der Waals surface area contributed by atoms with Gasteiger partial charge in [0.15, 0.2) is 0 Å². The van der Waals surface area contributed by atoms with Crippen LogP contribution >= 0.6 is 0 Å². The normalized spacial score (nSPS) is 23.2. The third kappa shape index (κ3) is 2.92. The lowest BCUT2D eigenvalue weighted by atomic mass is 10.0. The van der Waals surface area contributed by atoms with Crippen LogP contribution in [-0.2, 0) is 4.79 Å². The summed E-state index contributed by atoms with van der Waals surface area (Å²) in [5, 5.41) is 2.98. The van der Waals surface area contributed by atoms with Crippen molar-refractivity contribution >= 4 is 11.9 Å². The lowest BCUT2D eigenvalue weighted by molar-refractivity contribution is -0.119. The van der Waals surface area contributed by atoms with Crippen LogP contribution in [0.1, 0.15) is 50.6 Å². The highest BCUT2D eigenvalue weighted by Gasteiger charge is 2.26. The van der Waals surface area contributed by atoms with Gasteiger partial charge in [0.05, 0.1) is 0 Å². The second-order valence-electron chi connectivity index (χ2n) is 5.90. The fraction of sp³-hybridized carbons (Fsp3) is 0.667. The Balaban J connectivity index is 1.68. The van der Waals surface area contributed by atoms with Crippen molar-refractivity contribution in [1.82, 2.24) is 15.3 Å². The Morgan fingerprint density at radius 2 is 2.15 bits per heavy atom. The lowest BCUT2D eigenvalue weighted by Crippen LogP contribution is -2.35. The first kappa shape index (κ1) is 13.3. The van der Waals surface area contributed by atoms with Crippen molar-refractivity contribution < 1.29 is 4.79 Å². The maximum atomic E-state index is 11.1. The number of rotatable bonds is 3. The molecule has 1 aromatic heterocycles. The second-order valence-corrected chi connectivity index (χ2v) is 5.90. The molecule has 1 aliphatic heterocycles. The van der Waals surface area contributed by atoms with Crippen LogP contribution in [-0.4, -0.2) is 35.0 Å². The van der Waals surface area contributed by atoms with Crippen LogP contribution in [0.3, 0.4) is 0 Å². The Hall–Kier alpha value is -1.65. The largest absolute Gasteiger partial charge is 0.352 e. The quantitative estimate of drug-likeness (QED) is 0.914. The molecular formula is C15H22N4O. The number of amides is 1. The summed E-state index contributed by atoms with van der Waals surface area (Å²) in [6, 6.07) is 2.28. The van der Waals surface area contributed by atoms with Gasteiger partial charge in [-0.05, 0) is 25.3 Å². The number of anilines is 1. The molecule has 2 fully saturated rings. The van der Waals surface area contributed by atoms with Crippen molar-refractivity contribution in [3.05, 3.63) is 18.0 Å². The number of hydrogen-bond acceptors (Lipinski definition) is 4. The van der Waals surface area contributed by atoms with Crippen molar-refractivity contribution in [2.24, 2.45) is 0 Å². The van der Waals surface area contributed by atoms with Crippen LogP contribution in [0.5, 0.6) is 0 Å². The summed E-state index contributed by atoms with van der Waals surface area (Å²) in [6.07, 6.45) is 7.99. The molecule has 1 saturated carbocycles. The minimum Gasteiger partial charge on any atom is -0.352 e. The smallest absolute Gasteiger partial charge is 0.225 e. The number of carbonyl (C=O) groups is 1. The molecule has 0 spiro atoms. The number of hydrogen-bond donors (Lipinski definition) is 1. The van der Waals surface area contributed by atoms with Crippen molar-refractivity contribution in [2.75, 3.05) is 18.0 Å². The molecule has 3 rings (SSSR count). The molecule has 1 atom stereocenters. The second kappa shape index (κ2) is 5.77. The Bertz CT molecular complexity index is 485. The van der Waals surface area contributed by atoms with Crippen molar-refractivity contribution in [3.8, 4) is 0 Å². The predicted molar refractivity (Wildman–Crippen MR) is 77.7 cm³/mol. The maximum absolute atomic E-state index is 11.1. The zero-order chi connectivity index (χ0) is 13.9. The number of carbonyl (C=O) groups excluding carboxylic acids is 1. The lowest BCUT2D eigenvalue weighted by Gasteiger charge is -2.18. The van der Waals surface area contributed by atoms with E-state index in [2.05, 4.69) is 21.3 Å². The average molecular weight is 274 g/mol. The summed E-state index contributed by atoms with van der Waals surface area (Å²) in [6.45, 7) is 3.30. The van der Waals surface area contributed by atoms with Crippen molar-refractivity contribution in [1.29, 1.82) is 0 Å². The fourth-order valence-corrected chi connectivity index (χ4v) is 3.31. The summed E-state index contributed by atoms with van der Waals surface area (Å²) < 4.78 is 0. The van der Waals surface area contributed by atoms with E-state index in [4.69, 9.17) is 4.98 Å². The van der Waals surface area contributed by atoms with Gasteiger partial charge in [0, 0.05) is 43.9 Å². The molecular weight excluding hydrogens is 252 g/mol. The van der Waals surface area contributed by atoms with Crippen LogP contribution < -0.4 is 10.2 Å². The van der Waals surface area contributed by atoms with E-state index in [0.717, 1.165) is 25.5 Å². The first-order chi connectivity index (χ1) is 9.72. The Morgan fingerprint density at radius 3 is 2.90 bits per heavy atom. The van der Waals surface area contributed by atoms with E-state index in [1.165, 1.54) is 31.4 Å². The highest BCUT2D eigenvalue weighted by atomic mass is 16.1. The van der Waals surface area contributed by atoms with Gasteiger partial charge in [-0.25, -0.2) is 9.97 Å². The Kier molecular flexibility index (Phi) is 3.85. The minimum absolute atomic E-state index is 0.0393. The molecule has 0 aromatic carbocycles. The van der Waals surface area contributed by atoms with Gasteiger partial charge in [0.2, 0.25) is 11.9 Å². The van der Waals surface area contributed by atoms with Gasteiger partial charge >= 0.3 is 0 Å². The van der Waals surface area contributed by atoms with E-state index in [1.807, 2.05) is 6.20 Å². The minimum atomic E-state index is 0.0393. The van der Waals surface area contributed by atoms with E-state index in [9.17, 15) is 4.79 Å². The van der Waals surface area contributed by atoms with Crippen molar-refractivity contribution in [3.63, 3.8) is 0 Å². The summed E-state index contributed by atoms with van der Waals surface area (Å²) in [5.74, 6) is 1.48. The van der Waals surface area contributed by atoms with Crippen molar-refractivity contribution in [2.45, 2.75) is 51.0 Å². The standard InChI is InChI=1S/C15H22N4O/c1-11(20)17-13-7-9-19(10-13)15-16-8-6-14(18-15)12-4-2-3-5-12/h6,8,12-13H,2-5,7,9-10H2,1H3,(H,17,20)/t13-/m0/s1. The predicted octanol–water partition coefficient (Wildman–Crippen LogP) is 1.85. The molecule has 5 heteroatoms. The van der Waals surface area contributed by atoms with Gasteiger partial charge in [0.25, 0.3) is 0 Å². The maximum Gasteiger partial charge on any atom is 0.225 e. The van der Waals surface area contributed by atoms with Crippen LogP contribution in [0.2, 0.25) is 0 Å². The Labute approximate surface area is 119 Å². The molecule has 2 heterocycles. The van der Waals surface area contributed by atoms with Gasteiger partial charge in [-0.3, -0.25) is 4.79 Å². The highest BCUT2D eigenvalue weighted by Crippen LogP contribution is 2.33. The Morgan fingerprint density at radius 1 is 1.35 bits per heavy atom. The van der Waals surface area contributed by atoms with Gasteiger partial charge < -0.3 is 10.2 Å². The summed E-state index contributed by atoms with van der Waals surface area (Å²) >= 11 is 0. The van der Waals surface area contributed by atoms with Gasteiger partial charge in [0.1, 0.15) is 0 Å². The van der Waals surface area contributed by atoms with Gasteiger partial charge in [-0.1, -0.05) is 12.8 Å². The molecule has 1 amide bonds. The first-order valence-corrected chi connectivity index (χ1v) is 7.57. The molecule has 20 heavy (non-hydrogen) atoms. The number of nitrogens with zero attached hydrogens (tertiary/aromatic N) is 3. The zero-order valence-electron chi connectivity index (χ0n) is 12.0. The molecule has 2 aliphatic rings. The molecule has 1 aliphatic carbocycles. The zero-order valence-corrected chi connectivity index (χ0v) is 12.0. The van der Waals surface area contributed by atoms with Gasteiger partial charge in [-0.15, -0.1) is 0 Å². The first-order valence-electron chi connectivity index (χ1n) is 7.57. The third-order valence-electron chi connectivity index (χ3n) is 4.32. The summed E-state index contributed by atoms with van der Waals surface area (Å²) in [5.41, 5.74) is 1.19. The molecule has 0 unspecified atom stereocenters. The molecule has 1 saturated heterocycles. The molecule has 108 valence electrons. The van der Waals surface area contributed by atoms with E-state index in [1.54, 1.807) is 6.92 Å². The average Bonchev–Trinajstić information content (AvgIpc) is 3.09. The molecule has 0 bridgehead atoms. The SMILES string of the molecule is CC(=O)N[C@H]1CCN(c2nccc(C3CCCC3)n2)C1. The number of aromatic nitrogens is 2. The summed E-state index contributed by atoms with van der Waals surface area (Å²) in [7, 11) is 0. The number of nitrogens with one attached hydrogen (secondary N) is 1. The van der Waals surface area contributed by atoms with E-state index < -0.39 is 0 Å². The monoisotopic (exact) mass is 274 g/mol. The van der Waals surface area contributed by atoms with Crippen LogP contribution in [0, 0.1) is 0 Å². The molecule has 1 aromatic rings. The highest BCUT2D eigenvalue weighted by molar-refractivity contribution is 5.73. The van der Waals surface area contributed by atoms with E-state index >= 15 is 0 Å². The fourth-order valence-electron chi connectivity index (χ4n) is 3.31. The third-order valence-corrected chi connectivity index (χ3v) is 4.32.